The number of hydrogen-bond acceptors (Lipinski definition) is 4. The minimum Gasteiger partial charge on any atom is -0.444 e. The number of nitrogens with zero attached hydrogens (tertiary/aromatic N) is 1. The monoisotopic (exact) mass is 347 g/mol. The molecule has 0 saturated carbocycles. The normalized spacial score (nSPS) is 14.6. The second kappa shape index (κ2) is 5.63. The molecule has 6 heteroatoms. The summed E-state index contributed by atoms with van der Waals surface area (Å²) in [6.07, 6.45) is 0.232. The Morgan fingerprint density at radius 3 is 2.37 bits per heavy atom. The highest BCUT2D eigenvalue weighted by molar-refractivity contribution is 9.10. The van der Waals surface area contributed by atoms with Gasteiger partial charge in [0, 0.05) is 11.5 Å². The number of carbonyl (C=O) groups excluding carboxylic acids is 2. The molecule has 0 aromatic carbocycles. The van der Waals surface area contributed by atoms with E-state index < -0.39 is 17.2 Å². The van der Waals surface area contributed by atoms with Crippen LogP contribution in [0.3, 0.4) is 0 Å². The Bertz CT molecular complexity index is 480. The van der Waals surface area contributed by atoms with Crippen LogP contribution in [0.5, 0.6) is 0 Å². The summed E-state index contributed by atoms with van der Waals surface area (Å²) in [7, 11) is 1.56. The lowest BCUT2D eigenvalue weighted by atomic mass is 10.0. The van der Waals surface area contributed by atoms with E-state index in [-0.39, 0.29) is 0 Å². The molecule has 106 valence electrons. The van der Waals surface area contributed by atoms with E-state index in [9.17, 15) is 9.59 Å². The standard InChI is InChI=1S/C13H18BrNO3S/c1-12(2,3)18-11(17)15(5)13(4,8-16)10-9(14)6-7-19-10/h6-8H,1-5H3. The minimum absolute atomic E-state index is 0.526. The van der Waals surface area contributed by atoms with Gasteiger partial charge in [0.1, 0.15) is 11.1 Å². The SMILES string of the molecule is CN(C(=O)OC(C)(C)C)C(C)(C=O)c1sccc1Br. The molecule has 0 aliphatic rings. The summed E-state index contributed by atoms with van der Waals surface area (Å²) in [6.45, 7) is 7.06. The number of aldehydes is 1. The van der Waals surface area contributed by atoms with E-state index in [2.05, 4.69) is 15.9 Å². The lowest BCUT2D eigenvalue weighted by Crippen LogP contribution is -2.47. The smallest absolute Gasteiger partial charge is 0.411 e. The predicted molar refractivity (Wildman–Crippen MR) is 79.4 cm³/mol. The molecule has 1 heterocycles. The molecular formula is C13H18BrNO3S. The van der Waals surface area contributed by atoms with E-state index in [1.54, 1.807) is 34.7 Å². The number of thiophene rings is 1. The van der Waals surface area contributed by atoms with Crippen LogP contribution in [0, 0.1) is 0 Å². The van der Waals surface area contributed by atoms with E-state index in [0.717, 1.165) is 15.6 Å². The highest BCUT2D eigenvalue weighted by Gasteiger charge is 2.39. The molecule has 0 spiro atoms. The van der Waals surface area contributed by atoms with Gasteiger partial charge in [0.15, 0.2) is 6.29 Å². The molecule has 0 aliphatic heterocycles. The van der Waals surface area contributed by atoms with Crippen LogP contribution in [0.2, 0.25) is 0 Å². The van der Waals surface area contributed by atoms with Gasteiger partial charge >= 0.3 is 6.09 Å². The zero-order valence-corrected chi connectivity index (χ0v) is 14.1. The number of amides is 1. The van der Waals surface area contributed by atoms with Crippen molar-refractivity contribution in [1.29, 1.82) is 0 Å². The summed E-state index contributed by atoms with van der Waals surface area (Å²) in [4.78, 5) is 25.7. The van der Waals surface area contributed by atoms with Crippen LogP contribution >= 0.6 is 27.3 Å². The summed E-state index contributed by atoms with van der Waals surface area (Å²) in [5, 5.41) is 1.87. The van der Waals surface area contributed by atoms with Gasteiger partial charge in [-0.1, -0.05) is 0 Å². The quantitative estimate of drug-likeness (QED) is 0.781. The highest BCUT2D eigenvalue weighted by Crippen LogP contribution is 2.36. The largest absolute Gasteiger partial charge is 0.444 e. The van der Waals surface area contributed by atoms with Gasteiger partial charge in [-0.2, -0.15) is 0 Å². The average Bonchev–Trinajstić information content (AvgIpc) is 2.71. The van der Waals surface area contributed by atoms with Crippen molar-refractivity contribution in [2.24, 2.45) is 0 Å². The number of halogens is 1. The molecular weight excluding hydrogens is 330 g/mol. The van der Waals surface area contributed by atoms with Gasteiger partial charge < -0.3 is 9.53 Å². The highest BCUT2D eigenvalue weighted by atomic mass is 79.9. The zero-order chi connectivity index (χ0) is 14.8. The van der Waals surface area contributed by atoms with Crippen molar-refractivity contribution in [3.8, 4) is 0 Å². The molecule has 0 saturated heterocycles. The van der Waals surface area contributed by atoms with E-state index in [1.807, 2.05) is 11.4 Å². The van der Waals surface area contributed by atoms with Gasteiger partial charge in [0.2, 0.25) is 0 Å². The summed E-state index contributed by atoms with van der Waals surface area (Å²) in [5.41, 5.74) is -1.64. The number of ether oxygens (including phenoxy) is 1. The summed E-state index contributed by atoms with van der Waals surface area (Å²) in [5.74, 6) is 0. The Balaban J connectivity index is 3.06. The van der Waals surface area contributed by atoms with Gasteiger partial charge in [-0.15, -0.1) is 11.3 Å². The van der Waals surface area contributed by atoms with Crippen molar-refractivity contribution < 1.29 is 14.3 Å². The van der Waals surface area contributed by atoms with Crippen LogP contribution in [-0.2, 0) is 15.1 Å². The lowest BCUT2D eigenvalue weighted by molar-refractivity contribution is -0.117. The van der Waals surface area contributed by atoms with E-state index in [4.69, 9.17) is 4.74 Å². The molecule has 19 heavy (non-hydrogen) atoms. The Hall–Kier alpha value is -0.880. The van der Waals surface area contributed by atoms with Gasteiger partial charge in [0.05, 0.1) is 4.88 Å². The van der Waals surface area contributed by atoms with Crippen molar-refractivity contribution in [2.75, 3.05) is 7.05 Å². The third kappa shape index (κ3) is 3.57. The molecule has 1 amide bonds. The molecule has 0 bridgehead atoms. The van der Waals surface area contributed by atoms with Crippen molar-refractivity contribution in [3.05, 3.63) is 20.8 Å². The van der Waals surface area contributed by atoms with Crippen molar-refractivity contribution in [2.45, 2.75) is 38.8 Å². The topological polar surface area (TPSA) is 46.6 Å². The van der Waals surface area contributed by atoms with E-state index >= 15 is 0 Å². The predicted octanol–water partition coefficient (Wildman–Crippen LogP) is 3.79. The average molecular weight is 348 g/mol. The maximum absolute atomic E-state index is 12.1. The number of carbonyl (C=O) groups is 2. The van der Waals surface area contributed by atoms with Crippen LogP contribution < -0.4 is 0 Å². The molecule has 1 atom stereocenters. The molecule has 4 nitrogen and oxygen atoms in total. The number of likely N-dealkylation sites (N-methyl/N-ethyl adjacent to an activating group) is 1. The zero-order valence-electron chi connectivity index (χ0n) is 11.7. The third-order valence-corrected chi connectivity index (χ3v) is 4.73. The van der Waals surface area contributed by atoms with Crippen LogP contribution in [0.15, 0.2) is 15.9 Å². The summed E-state index contributed by atoms with van der Waals surface area (Å²) >= 11 is 4.81. The van der Waals surface area contributed by atoms with Gasteiger partial charge in [-0.25, -0.2) is 4.79 Å². The van der Waals surface area contributed by atoms with Crippen molar-refractivity contribution in [3.63, 3.8) is 0 Å². The summed E-state index contributed by atoms with van der Waals surface area (Å²) < 4.78 is 6.11. The molecule has 1 rings (SSSR count). The van der Waals surface area contributed by atoms with E-state index in [1.165, 1.54) is 16.2 Å². The first-order chi connectivity index (χ1) is 8.62. The Labute approximate surface area is 125 Å². The second-order valence-corrected chi connectivity index (χ2v) is 7.17. The number of hydrogen-bond donors (Lipinski definition) is 0. The number of rotatable bonds is 3. The fraction of sp³-hybridized carbons (Fsp3) is 0.538. The second-order valence-electron chi connectivity index (χ2n) is 5.40. The molecule has 0 N–H and O–H groups in total. The maximum Gasteiger partial charge on any atom is 0.411 e. The first-order valence-corrected chi connectivity index (χ1v) is 7.45. The fourth-order valence-corrected chi connectivity index (χ4v) is 3.39. The molecule has 1 unspecified atom stereocenters. The van der Waals surface area contributed by atoms with Gasteiger partial charge in [0.25, 0.3) is 0 Å². The van der Waals surface area contributed by atoms with E-state index in [0.29, 0.717) is 0 Å². The molecule has 1 aromatic heterocycles. The Morgan fingerprint density at radius 1 is 1.42 bits per heavy atom. The van der Waals surface area contributed by atoms with Crippen LogP contribution in [0.1, 0.15) is 32.6 Å². The molecule has 0 fully saturated rings. The minimum atomic E-state index is -1.05. The molecule has 1 aromatic rings. The van der Waals surface area contributed by atoms with Gasteiger partial charge in [-0.05, 0) is 55.1 Å². The lowest BCUT2D eigenvalue weighted by Gasteiger charge is -2.35. The maximum atomic E-state index is 12.1. The van der Waals surface area contributed by atoms with Crippen LogP contribution in [0.4, 0.5) is 4.79 Å². The Morgan fingerprint density at radius 2 is 2.00 bits per heavy atom. The van der Waals surface area contributed by atoms with Crippen molar-refractivity contribution in [1.82, 2.24) is 4.90 Å². The van der Waals surface area contributed by atoms with Crippen molar-refractivity contribution >= 4 is 39.6 Å². The first kappa shape index (κ1) is 16.2. The summed E-state index contributed by atoms with van der Waals surface area (Å²) in [6, 6.07) is 1.85. The van der Waals surface area contributed by atoms with Crippen LogP contribution in [0.25, 0.3) is 0 Å². The molecule has 0 aliphatic carbocycles. The first-order valence-electron chi connectivity index (χ1n) is 5.78. The fourth-order valence-electron chi connectivity index (χ4n) is 1.46. The van der Waals surface area contributed by atoms with Gasteiger partial charge in [-0.3, -0.25) is 4.90 Å². The van der Waals surface area contributed by atoms with Crippen LogP contribution in [-0.4, -0.2) is 29.9 Å². The molecule has 0 radical (unpaired) electrons. The third-order valence-electron chi connectivity index (χ3n) is 2.67. The Kier molecular flexibility index (Phi) is 4.79.